The molecule has 1 aromatic heterocycles. The molecular weight excluding hydrogens is 232 g/mol. The third-order valence-electron chi connectivity index (χ3n) is 2.78. The van der Waals surface area contributed by atoms with E-state index in [4.69, 9.17) is 0 Å². The summed E-state index contributed by atoms with van der Waals surface area (Å²) in [4.78, 5) is 17.0. The molecule has 1 fully saturated rings. The summed E-state index contributed by atoms with van der Waals surface area (Å²) in [5.41, 5.74) is -0.696. The summed E-state index contributed by atoms with van der Waals surface area (Å²) >= 11 is 0. The second-order valence-corrected chi connectivity index (χ2v) is 4.05. The van der Waals surface area contributed by atoms with Gasteiger partial charge in [0.25, 0.3) is 5.91 Å². The average Bonchev–Trinajstić information content (AvgIpc) is 2.80. The minimum Gasteiger partial charge on any atom is -0.445 e. The SMILES string of the molecule is O=C(c1ccc([B-](F)(F)F)cn1)N1CCCC1. The van der Waals surface area contributed by atoms with Crippen LogP contribution < -0.4 is 5.46 Å². The lowest BCUT2D eigenvalue weighted by Gasteiger charge is -2.17. The van der Waals surface area contributed by atoms with Crippen LogP contribution in [0.5, 0.6) is 0 Å². The van der Waals surface area contributed by atoms with E-state index in [0.29, 0.717) is 13.1 Å². The quantitative estimate of drug-likeness (QED) is 0.735. The summed E-state index contributed by atoms with van der Waals surface area (Å²) in [5.74, 6) is -0.288. The van der Waals surface area contributed by atoms with Gasteiger partial charge >= 0.3 is 6.98 Å². The molecular formula is C10H11BF3N2O-. The lowest BCUT2D eigenvalue weighted by molar-refractivity contribution is 0.0787. The predicted octanol–water partition coefficient (Wildman–Crippen LogP) is 1.37. The van der Waals surface area contributed by atoms with Crippen molar-refractivity contribution >= 4 is 18.3 Å². The molecule has 0 bridgehead atoms. The zero-order valence-electron chi connectivity index (χ0n) is 9.07. The van der Waals surface area contributed by atoms with Crippen molar-refractivity contribution in [2.75, 3.05) is 13.1 Å². The molecule has 1 amide bonds. The van der Waals surface area contributed by atoms with Gasteiger partial charge in [0.15, 0.2) is 0 Å². The summed E-state index contributed by atoms with van der Waals surface area (Å²) in [6.07, 6.45) is 2.61. The standard InChI is InChI=1S/C10H11BF3N2O/c12-11(13,14)8-3-4-9(15-7-8)10(17)16-5-1-2-6-16/h3-4,7H,1-2,5-6H2/q-1. The van der Waals surface area contributed by atoms with Crippen molar-refractivity contribution < 1.29 is 17.7 Å². The highest BCUT2D eigenvalue weighted by Crippen LogP contribution is 2.12. The molecule has 0 radical (unpaired) electrons. The fraction of sp³-hybridized carbons (Fsp3) is 0.400. The highest BCUT2D eigenvalue weighted by molar-refractivity contribution is 6.73. The second kappa shape index (κ2) is 4.39. The number of hydrogen-bond donors (Lipinski definition) is 0. The molecule has 0 aliphatic carbocycles. The lowest BCUT2D eigenvalue weighted by atomic mass is 9.81. The van der Waals surface area contributed by atoms with Gasteiger partial charge in [-0.15, -0.1) is 0 Å². The van der Waals surface area contributed by atoms with Gasteiger partial charge in [0.2, 0.25) is 0 Å². The van der Waals surface area contributed by atoms with Crippen LogP contribution in [0, 0.1) is 0 Å². The highest BCUT2D eigenvalue weighted by atomic mass is 19.4. The molecule has 1 saturated heterocycles. The van der Waals surface area contributed by atoms with E-state index in [1.54, 1.807) is 4.90 Å². The summed E-state index contributed by atoms with van der Waals surface area (Å²) in [6.45, 7) is -3.73. The van der Waals surface area contributed by atoms with Crippen LogP contribution in [0.4, 0.5) is 12.9 Å². The molecule has 0 spiro atoms. The summed E-state index contributed by atoms with van der Waals surface area (Å²) in [6, 6.07) is 2.06. The maximum absolute atomic E-state index is 12.3. The van der Waals surface area contributed by atoms with Crippen LogP contribution >= 0.6 is 0 Å². The van der Waals surface area contributed by atoms with E-state index in [-0.39, 0.29) is 11.6 Å². The van der Waals surface area contributed by atoms with Gasteiger partial charge in [-0.2, -0.15) is 0 Å². The molecule has 0 unspecified atom stereocenters. The van der Waals surface area contributed by atoms with E-state index in [0.717, 1.165) is 31.2 Å². The third-order valence-corrected chi connectivity index (χ3v) is 2.78. The molecule has 1 aromatic rings. The Kier molecular flexibility index (Phi) is 3.08. The van der Waals surface area contributed by atoms with E-state index in [9.17, 15) is 17.7 Å². The first kappa shape index (κ1) is 11.9. The molecule has 0 aromatic carbocycles. The molecule has 92 valence electrons. The Labute approximate surface area is 96.7 Å². The van der Waals surface area contributed by atoms with Crippen molar-refractivity contribution in [2.24, 2.45) is 0 Å². The number of halogens is 3. The van der Waals surface area contributed by atoms with Gasteiger partial charge in [-0.05, 0) is 18.9 Å². The number of amides is 1. The van der Waals surface area contributed by atoms with Crippen LogP contribution in [0.1, 0.15) is 23.3 Å². The van der Waals surface area contributed by atoms with Crippen molar-refractivity contribution in [3.63, 3.8) is 0 Å². The zero-order valence-corrected chi connectivity index (χ0v) is 9.07. The Morgan fingerprint density at radius 1 is 1.24 bits per heavy atom. The van der Waals surface area contributed by atoms with Gasteiger partial charge in [0.1, 0.15) is 5.69 Å². The van der Waals surface area contributed by atoms with E-state index in [1.165, 1.54) is 0 Å². The molecule has 2 heterocycles. The molecule has 0 saturated carbocycles. The van der Waals surface area contributed by atoms with Gasteiger partial charge in [0.05, 0.1) is 0 Å². The van der Waals surface area contributed by atoms with Crippen molar-refractivity contribution in [1.82, 2.24) is 9.88 Å². The summed E-state index contributed by atoms with van der Waals surface area (Å²) in [5, 5.41) is 0. The zero-order chi connectivity index (χ0) is 12.5. The second-order valence-electron chi connectivity index (χ2n) is 4.05. The van der Waals surface area contributed by atoms with Crippen LogP contribution in [0.25, 0.3) is 0 Å². The van der Waals surface area contributed by atoms with E-state index in [2.05, 4.69) is 4.98 Å². The Hall–Kier alpha value is -1.53. The Balaban J connectivity index is 2.15. The minimum absolute atomic E-state index is 0.0794. The number of carbonyl (C=O) groups excluding carboxylic acids is 1. The molecule has 17 heavy (non-hydrogen) atoms. The van der Waals surface area contributed by atoms with Crippen molar-refractivity contribution in [3.8, 4) is 0 Å². The molecule has 2 rings (SSSR count). The molecule has 0 atom stereocenters. The molecule has 7 heteroatoms. The number of hydrogen-bond acceptors (Lipinski definition) is 2. The fourth-order valence-electron chi connectivity index (χ4n) is 1.81. The first-order valence-corrected chi connectivity index (χ1v) is 5.43. The predicted molar refractivity (Wildman–Crippen MR) is 58.1 cm³/mol. The number of pyridine rings is 1. The normalized spacial score (nSPS) is 16.3. The number of aromatic nitrogens is 1. The van der Waals surface area contributed by atoms with E-state index in [1.807, 2.05) is 0 Å². The maximum Gasteiger partial charge on any atom is 0.511 e. The molecule has 1 aliphatic heterocycles. The first-order chi connectivity index (χ1) is 7.98. The van der Waals surface area contributed by atoms with Crippen molar-refractivity contribution in [1.29, 1.82) is 0 Å². The van der Waals surface area contributed by atoms with Gasteiger partial charge in [-0.1, -0.05) is 11.5 Å². The smallest absolute Gasteiger partial charge is 0.445 e. The topological polar surface area (TPSA) is 33.2 Å². The van der Waals surface area contributed by atoms with Gasteiger partial charge < -0.3 is 17.8 Å². The van der Waals surface area contributed by atoms with Crippen molar-refractivity contribution in [2.45, 2.75) is 12.8 Å². The Bertz CT molecular complexity index is 413. The van der Waals surface area contributed by atoms with Crippen LogP contribution in [-0.2, 0) is 0 Å². The maximum atomic E-state index is 12.3. The van der Waals surface area contributed by atoms with E-state index < -0.39 is 12.4 Å². The van der Waals surface area contributed by atoms with Crippen LogP contribution in [0.2, 0.25) is 0 Å². The minimum atomic E-state index is -5.04. The molecule has 1 aliphatic rings. The average molecular weight is 243 g/mol. The molecule has 3 nitrogen and oxygen atoms in total. The van der Waals surface area contributed by atoms with Crippen molar-refractivity contribution in [3.05, 3.63) is 24.0 Å². The van der Waals surface area contributed by atoms with Crippen LogP contribution in [0.15, 0.2) is 18.3 Å². The number of rotatable bonds is 2. The van der Waals surface area contributed by atoms with Gasteiger partial charge in [-0.25, -0.2) is 0 Å². The molecule has 0 N–H and O–H groups in total. The Morgan fingerprint density at radius 3 is 2.35 bits per heavy atom. The number of carbonyl (C=O) groups is 1. The number of nitrogens with zero attached hydrogens (tertiary/aromatic N) is 2. The third kappa shape index (κ3) is 2.59. The van der Waals surface area contributed by atoms with E-state index >= 15 is 0 Å². The monoisotopic (exact) mass is 243 g/mol. The summed E-state index contributed by atoms with van der Waals surface area (Å²) < 4.78 is 37.0. The Morgan fingerprint density at radius 2 is 1.88 bits per heavy atom. The van der Waals surface area contributed by atoms with Gasteiger partial charge in [-0.3, -0.25) is 9.78 Å². The number of likely N-dealkylation sites (tertiary alicyclic amines) is 1. The highest BCUT2D eigenvalue weighted by Gasteiger charge is 2.26. The first-order valence-electron chi connectivity index (χ1n) is 5.43. The largest absolute Gasteiger partial charge is 0.511 e. The van der Waals surface area contributed by atoms with Crippen LogP contribution in [-0.4, -0.2) is 35.9 Å². The van der Waals surface area contributed by atoms with Gasteiger partial charge in [0, 0.05) is 19.3 Å². The summed E-state index contributed by atoms with van der Waals surface area (Å²) in [7, 11) is 0. The lowest BCUT2D eigenvalue weighted by Crippen LogP contribution is -2.35. The van der Waals surface area contributed by atoms with Crippen LogP contribution in [0.3, 0.4) is 0 Å². The fourth-order valence-corrected chi connectivity index (χ4v) is 1.81.